The van der Waals surface area contributed by atoms with Gasteiger partial charge in [-0.05, 0) is 67.3 Å². The van der Waals surface area contributed by atoms with Gasteiger partial charge in [-0.1, -0.05) is 19.1 Å². The number of hydrazone groups is 1. The molecule has 7 heteroatoms. The summed E-state index contributed by atoms with van der Waals surface area (Å²) >= 11 is 0. The lowest BCUT2D eigenvalue weighted by molar-refractivity contribution is 0.318. The summed E-state index contributed by atoms with van der Waals surface area (Å²) < 4.78 is 7.40. The molecular formula is C24H23N5O2. The average molecular weight is 413 g/mol. The van der Waals surface area contributed by atoms with Crippen LogP contribution in [0.5, 0.6) is 11.5 Å². The van der Waals surface area contributed by atoms with Crippen LogP contribution >= 0.6 is 0 Å². The van der Waals surface area contributed by atoms with E-state index in [-0.39, 0.29) is 5.75 Å². The van der Waals surface area contributed by atoms with E-state index in [9.17, 15) is 10.4 Å². The van der Waals surface area contributed by atoms with Crippen LogP contribution in [0.25, 0.3) is 16.7 Å². The summed E-state index contributed by atoms with van der Waals surface area (Å²) in [6.45, 7) is 6.32. The zero-order valence-electron chi connectivity index (χ0n) is 17.7. The van der Waals surface area contributed by atoms with E-state index >= 15 is 0 Å². The lowest BCUT2D eigenvalue weighted by Gasteiger charge is -2.15. The Balaban J connectivity index is 1.83. The third-order valence-corrected chi connectivity index (χ3v) is 5.25. The first-order chi connectivity index (χ1) is 15.1. The van der Waals surface area contributed by atoms with Gasteiger partial charge in [-0.2, -0.15) is 10.4 Å². The first kappa shape index (κ1) is 20.2. The van der Waals surface area contributed by atoms with Crippen molar-refractivity contribution in [3.63, 3.8) is 0 Å². The Labute approximate surface area is 180 Å². The largest absolute Gasteiger partial charge is 0.504 e. The monoisotopic (exact) mass is 413 g/mol. The Hall–Kier alpha value is -4.05. The number of phenols is 1. The summed E-state index contributed by atoms with van der Waals surface area (Å²) in [6.07, 6.45) is 2.40. The molecule has 4 aromatic rings. The molecule has 0 atom stereocenters. The third kappa shape index (κ3) is 3.53. The van der Waals surface area contributed by atoms with E-state index in [0.29, 0.717) is 23.6 Å². The fourth-order valence-electron chi connectivity index (χ4n) is 3.79. The Morgan fingerprint density at radius 1 is 1.26 bits per heavy atom. The SMILES string of the molecule is CCOc1cc(C=NNc2c(CC)c(C)c(C#N)c3nc4ccccc4n23)ccc1O. The maximum atomic E-state index is 9.89. The number of imidazole rings is 1. The molecule has 2 N–H and O–H groups in total. The first-order valence-electron chi connectivity index (χ1n) is 10.2. The molecule has 0 bridgehead atoms. The predicted molar refractivity (Wildman–Crippen MR) is 122 cm³/mol. The zero-order chi connectivity index (χ0) is 22.0. The highest BCUT2D eigenvalue weighted by molar-refractivity contribution is 5.87. The second-order valence-electron chi connectivity index (χ2n) is 7.08. The van der Waals surface area contributed by atoms with Crippen LogP contribution in [-0.2, 0) is 6.42 Å². The van der Waals surface area contributed by atoms with Crippen LogP contribution in [0.2, 0.25) is 0 Å². The molecule has 0 aliphatic rings. The maximum absolute atomic E-state index is 9.89. The van der Waals surface area contributed by atoms with Gasteiger partial charge in [-0.15, -0.1) is 0 Å². The minimum Gasteiger partial charge on any atom is -0.504 e. The average Bonchev–Trinajstić information content (AvgIpc) is 3.15. The van der Waals surface area contributed by atoms with Gasteiger partial charge in [-0.25, -0.2) is 4.98 Å². The number of aromatic hydroxyl groups is 1. The van der Waals surface area contributed by atoms with Crippen LogP contribution in [0.4, 0.5) is 5.82 Å². The summed E-state index contributed by atoms with van der Waals surface area (Å²) in [5.74, 6) is 1.29. The second-order valence-corrected chi connectivity index (χ2v) is 7.08. The van der Waals surface area contributed by atoms with Gasteiger partial charge >= 0.3 is 0 Å². The number of phenolic OH excluding ortho intramolecular Hbond substituents is 1. The number of fused-ring (bicyclic) bond motifs is 3. The molecule has 7 nitrogen and oxygen atoms in total. The number of nitriles is 1. The van der Waals surface area contributed by atoms with E-state index < -0.39 is 0 Å². The van der Waals surface area contributed by atoms with Gasteiger partial charge in [-0.3, -0.25) is 9.83 Å². The van der Waals surface area contributed by atoms with E-state index in [4.69, 9.17) is 9.72 Å². The molecular weight excluding hydrogens is 390 g/mol. The topological polar surface area (TPSA) is 94.9 Å². The standard InChI is InChI=1S/C24H23N5O2/c1-4-17-15(3)18(13-25)23-27-19-8-6-7-9-20(19)29(23)24(17)28-26-14-16-10-11-21(30)22(12-16)31-5-2/h6-12,14,28,30H,4-5H2,1-3H3. The molecule has 0 amide bonds. The fourth-order valence-corrected chi connectivity index (χ4v) is 3.79. The van der Waals surface area contributed by atoms with Gasteiger partial charge in [0.15, 0.2) is 17.1 Å². The van der Waals surface area contributed by atoms with Gasteiger partial charge in [0.1, 0.15) is 11.9 Å². The Morgan fingerprint density at radius 2 is 2.06 bits per heavy atom. The van der Waals surface area contributed by atoms with Crippen LogP contribution in [0.1, 0.15) is 36.1 Å². The summed E-state index contributed by atoms with van der Waals surface area (Å²) in [6, 6.07) is 15.2. The number of hydrogen-bond acceptors (Lipinski definition) is 6. The molecule has 0 saturated carbocycles. The van der Waals surface area contributed by atoms with E-state index in [1.807, 2.05) is 42.5 Å². The highest BCUT2D eigenvalue weighted by atomic mass is 16.5. The lowest BCUT2D eigenvalue weighted by Crippen LogP contribution is -2.07. The Bertz CT molecular complexity index is 1350. The summed E-state index contributed by atoms with van der Waals surface area (Å²) in [7, 11) is 0. The van der Waals surface area contributed by atoms with Crippen LogP contribution in [-0.4, -0.2) is 27.3 Å². The van der Waals surface area contributed by atoms with Crippen LogP contribution in [0.15, 0.2) is 47.6 Å². The molecule has 156 valence electrons. The number of nitrogens with one attached hydrogen (secondary N) is 1. The summed E-state index contributed by atoms with van der Waals surface area (Å²) in [5, 5.41) is 24.1. The minimum absolute atomic E-state index is 0.0922. The van der Waals surface area contributed by atoms with Gasteiger partial charge in [0.05, 0.1) is 29.4 Å². The number of aromatic nitrogens is 2. The predicted octanol–water partition coefficient (Wildman–Crippen LogP) is 4.78. The number of benzene rings is 2. The number of pyridine rings is 1. The number of rotatable bonds is 6. The fraction of sp³-hybridized carbons (Fsp3) is 0.208. The maximum Gasteiger partial charge on any atom is 0.161 e. The van der Waals surface area contributed by atoms with E-state index in [0.717, 1.165) is 40.0 Å². The van der Waals surface area contributed by atoms with Crippen LogP contribution < -0.4 is 10.2 Å². The van der Waals surface area contributed by atoms with Crippen molar-refractivity contribution in [1.82, 2.24) is 9.38 Å². The molecule has 0 fully saturated rings. The van der Waals surface area contributed by atoms with Gasteiger partial charge in [0, 0.05) is 0 Å². The zero-order valence-corrected chi connectivity index (χ0v) is 17.7. The van der Waals surface area contributed by atoms with Crippen molar-refractivity contribution in [1.29, 1.82) is 5.26 Å². The smallest absolute Gasteiger partial charge is 0.161 e. The van der Waals surface area contributed by atoms with Crippen molar-refractivity contribution in [2.75, 3.05) is 12.0 Å². The molecule has 2 heterocycles. The molecule has 0 unspecified atom stereocenters. The van der Waals surface area contributed by atoms with Crippen molar-refractivity contribution in [2.45, 2.75) is 27.2 Å². The van der Waals surface area contributed by atoms with Crippen molar-refractivity contribution >= 4 is 28.7 Å². The molecule has 0 spiro atoms. The quantitative estimate of drug-likeness (QED) is 0.350. The highest BCUT2D eigenvalue weighted by Crippen LogP contribution is 2.31. The van der Waals surface area contributed by atoms with Crippen molar-refractivity contribution in [3.8, 4) is 17.6 Å². The van der Waals surface area contributed by atoms with Crippen molar-refractivity contribution < 1.29 is 9.84 Å². The lowest BCUT2D eigenvalue weighted by atomic mass is 10.0. The minimum atomic E-state index is 0.0922. The molecule has 0 saturated heterocycles. The van der Waals surface area contributed by atoms with Crippen molar-refractivity contribution in [2.24, 2.45) is 5.10 Å². The van der Waals surface area contributed by atoms with Gasteiger partial charge < -0.3 is 9.84 Å². The van der Waals surface area contributed by atoms with Gasteiger partial charge in [0.25, 0.3) is 0 Å². The molecule has 0 radical (unpaired) electrons. The van der Waals surface area contributed by atoms with E-state index in [1.165, 1.54) is 0 Å². The first-order valence-corrected chi connectivity index (χ1v) is 10.2. The number of ether oxygens (including phenoxy) is 1. The number of nitrogens with zero attached hydrogens (tertiary/aromatic N) is 4. The molecule has 4 rings (SSSR count). The number of hydrogen-bond donors (Lipinski definition) is 2. The summed E-state index contributed by atoms with van der Waals surface area (Å²) in [4.78, 5) is 4.70. The van der Waals surface area contributed by atoms with Crippen molar-refractivity contribution in [3.05, 3.63) is 64.7 Å². The highest BCUT2D eigenvalue weighted by Gasteiger charge is 2.19. The van der Waals surface area contributed by atoms with E-state index in [1.54, 1.807) is 24.4 Å². The van der Waals surface area contributed by atoms with E-state index in [2.05, 4.69) is 23.5 Å². The third-order valence-electron chi connectivity index (χ3n) is 5.25. The molecule has 0 aliphatic carbocycles. The Kier molecular flexibility index (Phi) is 5.46. The number of para-hydroxylation sites is 2. The number of anilines is 1. The molecule has 2 aromatic carbocycles. The second kappa shape index (κ2) is 8.36. The molecule has 0 aliphatic heterocycles. The van der Waals surface area contributed by atoms with Gasteiger partial charge in [0.2, 0.25) is 0 Å². The Morgan fingerprint density at radius 3 is 2.81 bits per heavy atom. The molecule has 31 heavy (non-hydrogen) atoms. The van der Waals surface area contributed by atoms with Crippen LogP contribution in [0, 0.1) is 18.3 Å². The summed E-state index contributed by atoms with van der Waals surface area (Å²) in [5.41, 5.74) is 8.76. The molecule has 2 aromatic heterocycles. The normalized spacial score (nSPS) is 11.3. The van der Waals surface area contributed by atoms with Crippen LogP contribution in [0.3, 0.4) is 0 Å².